The highest BCUT2D eigenvalue weighted by Gasteiger charge is 2.09. The molecule has 0 fully saturated rings. The molecule has 0 atom stereocenters. The monoisotopic (exact) mass is 217 g/mol. The van der Waals surface area contributed by atoms with Crippen LogP contribution in [0.25, 0.3) is 9.88 Å². The molecule has 2 heterocycles. The van der Waals surface area contributed by atoms with Gasteiger partial charge < -0.3 is 5.73 Å². The van der Waals surface area contributed by atoms with Crippen molar-refractivity contribution in [2.45, 2.75) is 0 Å². The van der Waals surface area contributed by atoms with Gasteiger partial charge in [0, 0.05) is 0 Å². The second-order valence-corrected chi connectivity index (χ2v) is 4.38. The Balaban J connectivity index is 2.50. The Morgan fingerprint density at radius 1 is 1.42 bits per heavy atom. The lowest BCUT2D eigenvalue weighted by molar-refractivity contribution is 1.11. The molecule has 0 amide bonds. The summed E-state index contributed by atoms with van der Waals surface area (Å²) < 4.78 is 0. The minimum atomic E-state index is 0.467. The number of rotatable bonds is 1. The molecule has 0 aliphatic carbocycles. The summed E-state index contributed by atoms with van der Waals surface area (Å²) in [6, 6.07) is 1.83. The highest BCUT2D eigenvalue weighted by Crippen LogP contribution is 2.35. The maximum absolute atomic E-state index is 5.89. The van der Waals surface area contributed by atoms with Gasteiger partial charge in [0.1, 0.15) is 0 Å². The third-order valence-electron chi connectivity index (χ3n) is 1.25. The van der Waals surface area contributed by atoms with Crippen molar-refractivity contribution in [3.63, 3.8) is 0 Å². The van der Waals surface area contributed by atoms with E-state index in [4.69, 9.17) is 17.3 Å². The van der Waals surface area contributed by atoms with E-state index in [1.165, 1.54) is 22.7 Å². The molecule has 6 heteroatoms. The summed E-state index contributed by atoms with van der Waals surface area (Å²) in [7, 11) is 0. The maximum atomic E-state index is 5.89. The number of nitrogens with zero attached hydrogens (tertiary/aromatic N) is 2. The Morgan fingerprint density at radius 3 is 2.75 bits per heavy atom. The third kappa shape index (κ3) is 1.31. The van der Waals surface area contributed by atoms with Crippen molar-refractivity contribution in [1.29, 1.82) is 0 Å². The van der Waals surface area contributed by atoms with E-state index in [-0.39, 0.29) is 0 Å². The largest absolute Gasteiger partial charge is 0.374 e. The van der Waals surface area contributed by atoms with Gasteiger partial charge in [0.05, 0.1) is 9.90 Å². The predicted octanol–water partition coefficient (Wildman–Crippen LogP) is 2.50. The van der Waals surface area contributed by atoms with Crippen molar-refractivity contribution < 1.29 is 0 Å². The average Bonchev–Trinajstić information content (AvgIpc) is 2.58. The molecular formula is C6H4ClN3S2. The normalized spacial score (nSPS) is 10.4. The van der Waals surface area contributed by atoms with E-state index < -0.39 is 0 Å². The number of nitrogens with two attached hydrogens (primary N) is 1. The highest BCUT2D eigenvalue weighted by atomic mass is 35.5. The fourth-order valence-corrected chi connectivity index (χ4v) is 2.69. The quantitative estimate of drug-likeness (QED) is 0.799. The molecule has 0 saturated carbocycles. The Bertz CT molecular complexity index is 395. The third-order valence-corrected chi connectivity index (χ3v) is 3.50. The Hall–Kier alpha value is -0.650. The SMILES string of the molecule is Nc1nnc(-c2sccc2Cl)s1. The number of halogens is 1. The number of hydrogen-bond acceptors (Lipinski definition) is 5. The van der Waals surface area contributed by atoms with Crippen LogP contribution in [0.4, 0.5) is 5.13 Å². The van der Waals surface area contributed by atoms with Crippen LogP contribution in [-0.4, -0.2) is 10.2 Å². The summed E-state index contributed by atoms with van der Waals surface area (Å²) in [6.07, 6.45) is 0. The Labute approximate surface area is 81.8 Å². The predicted molar refractivity (Wildman–Crippen MR) is 52.6 cm³/mol. The summed E-state index contributed by atoms with van der Waals surface area (Å²) in [4.78, 5) is 0.936. The van der Waals surface area contributed by atoms with E-state index in [1.54, 1.807) is 0 Å². The van der Waals surface area contributed by atoms with Gasteiger partial charge in [-0.2, -0.15) is 0 Å². The molecule has 2 aromatic rings. The summed E-state index contributed by atoms with van der Waals surface area (Å²) in [5.74, 6) is 0. The van der Waals surface area contributed by atoms with Crippen LogP contribution in [0.2, 0.25) is 5.02 Å². The van der Waals surface area contributed by atoms with Crippen LogP contribution in [0, 0.1) is 0 Å². The van der Waals surface area contributed by atoms with Gasteiger partial charge in [-0.15, -0.1) is 21.5 Å². The topological polar surface area (TPSA) is 51.8 Å². The number of nitrogen functional groups attached to an aromatic ring is 1. The molecule has 2 N–H and O–H groups in total. The fraction of sp³-hybridized carbons (Fsp3) is 0. The van der Waals surface area contributed by atoms with Gasteiger partial charge in [0.15, 0.2) is 5.01 Å². The molecule has 0 radical (unpaired) electrons. The zero-order chi connectivity index (χ0) is 8.55. The van der Waals surface area contributed by atoms with Gasteiger partial charge in [-0.1, -0.05) is 22.9 Å². The molecule has 12 heavy (non-hydrogen) atoms. The van der Waals surface area contributed by atoms with Crippen molar-refractivity contribution in [1.82, 2.24) is 10.2 Å². The van der Waals surface area contributed by atoms with Gasteiger partial charge >= 0.3 is 0 Å². The maximum Gasteiger partial charge on any atom is 0.203 e. The standard InChI is InChI=1S/C6H4ClN3S2/c7-3-1-2-11-4(3)5-9-10-6(8)12-5/h1-2H,(H2,8,10). The zero-order valence-electron chi connectivity index (χ0n) is 5.82. The van der Waals surface area contributed by atoms with Crippen molar-refractivity contribution >= 4 is 39.4 Å². The molecule has 62 valence electrons. The van der Waals surface area contributed by atoms with Gasteiger partial charge in [-0.25, -0.2) is 0 Å². The lowest BCUT2D eigenvalue weighted by Crippen LogP contribution is -1.79. The van der Waals surface area contributed by atoms with E-state index in [0.717, 1.165) is 9.88 Å². The number of hydrogen-bond donors (Lipinski definition) is 1. The number of thiophene rings is 1. The summed E-state index contributed by atoms with van der Waals surface area (Å²) in [6.45, 7) is 0. The second-order valence-electron chi connectivity index (χ2n) is 2.04. The highest BCUT2D eigenvalue weighted by molar-refractivity contribution is 7.23. The molecule has 0 unspecified atom stereocenters. The summed E-state index contributed by atoms with van der Waals surface area (Å²) >= 11 is 8.77. The second kappa shape index (κ2) is 3.01. The van der Waals surface area contributed by atoms with Crippen LogP contribution >= 0.6 is 34.3 Å². The average molecular weight is 218 g/mol. The first-order valence-electron chi connectivity index (χ1n) is 3.09. The first-order chi connectivity index (χ1) is 5.77. The molecule has 0 aliphatic heterocycles. The molecule has 2 aromatic heterocycles. The van der Waals surface area contributed by atoms with E-state index in [2.05, 4.69) is 10.2 Å². The van der Waals surface area contributed by atoms with Crippen LogP contribution in [0.1, 0.15) is 0 Å². The molecule has 2 rings (SSSR count). The van der Waals surface area contributed by atoms with E-state index in [1.807, 2.05) is 11.4 Å². The number of anilines is 1. The summed E-state index contributed by atoms with van der Waals surface area (Å²) in [5.41, 5.74) is 5.44. The Kier molecular flexibility index (Phi) is 2.00. The molecule has 0 aromatic carbocycles. The minimum absolute atomic E-state index is 0.467. The smallest absolute Gasteiger partial charge is 0.203 e. The van der Waals surface area contributed by atoms with Crippen molar-refractivity contribution in [3.8, 4) is 9.88 Å². The van der Waals surface area contributed by atoms with Crippen molar-refractivity contribution in [2.24, 2.45) is 0 Å². The lowest BCUT2D eigenvalue weighted by Gasteiger charge is -1.86. The van der Waals surface area contributed by atoms with Gasteiger partial charge in [-0.3, -0.25) is 0 Å². The molecule has 0 bridgehead atoms. The minimum Gasteiger partial charge on any atom is -0.374 e. The van der Waals surface area contributed by atoms with E-state index in [0.29, 0.717) is 10.2 Å². The first-order valence-corrected chi connectivity index (χ1v) is 5.17. The zero-order valence-corrected chi connectivity index (χ0v) is 8.21. The summed E-state index contributed by atoms with van der Waals surface area (Å²) in [5, 5.41) is 11.5. The van der Waals surface area contributed by atoms with Crippen LogP contribution in [0.3, 0.4) is 0 Å². The lowest BCUT2D eigenvalue weighted by atomic mass is 10.5. The van der Waals surface area contributed by atoms with Gasteiger partial charge in [0.25, 0.3) is 0 Å². The van der Waals surface area contributed by atoms with Crippen molar-refractivity contribution in [2.75, 3.05) is 5.73 Å². The van der Waals surface area contributed by atoms with Crippen LogP contribution in [0.15, 0.2) is 11.4 Å². The first kappa shape index (κ1) is 7.97. The van der Waals surface area contributed by atoms with Gasteiger partial charge in [-0.05, 0) is 11.4 Å². The fourth-order valence-electron chi connectivity index (χ4n) is 0.773. The van der Waals surface area contributed by atoms with E-state index >= 15 is 0 Å². The van der Waals surface area contributed by atoms with Gasteiger partial charge in [0.2, 0.25) is 5.13 Å². The van der Waals surface area contributed by atoms with Crippen LogP contribution in [0.5, 0.6) is 0 Å². The van der Waals surface area contributed by atoms with Crippen LogP contribution in [-0.2, 0) is 0 Å². The molecule has 0 aliphatic rings. The van der Waals surface area contributed by atoms with Crippen LogP contribution < -0.4 is 5.73 Å². The Morgan fingerprint density at radius 2 is 2.25 bits per heavy atom. The molecule has 0 saturated heterocycles. The van der Waals surface area contributed by atoms with Crippen molar-refractivity contribution in [3.05, 3.63) is 16.5 Å². The molecule has 3 nitrogen and oxygen atoms in total. The molecule has 0 spiro atoms. The number of aromatic nitrogens is 2. The van der Waals surface area contributed by atoms with E-state index in [9.17, 15) is 0 Å². The molecular weight excluding hydrogens is 214 g/mol.